The number of nitrogens with one attached hydrogen (secondary N) is 1. The van der Waals surface area contributed by atoms with Crippen LogP contribution < -0.4 is 14.8 Å². The van der Waals surface area contributed by atoms with Crippen LogP contribution in [0, 0.1) is 0 Å². The van der Waals surface area contributed by atoms with Crippen LogP contribution in [0.3, 0.4) is 0 Å². The minimum absolute atomic E-state index is 0.308. The van der Waals surface area contributed by atoms with Crippen molar-refractivity contribution in [1.82, 2.24) is 10.3 Å². The van der Waals surface area contributed by atoms with E-state index in [4.69, 9.17) is 9.47 Å². The molecule has 0 bridgehead atoms. The summed E-state index contributed by atoms with van der Waals surface area (Å²) in [6, 6.07) is 5.94. The molecule has 0 amide bonds. The summed E-state index contributed by atoms with van der Waals surface area (Å²) in [6.45, 7) is 4.25. The van der Waals surface area contributed by atoms with Gasteiger partial charge in [-0.2, -0.15) is 0 Å². The second kappa shape index (κ2) is 4.96. The standard InChI is InChI=1S/C13H14N2O2S/c1-2-14-6-10-7-15-13(18-10)9-3-4-11-12(5-9)17-8-16-11/h3-5,7,14H,2,6,8H2,1H3. The summed E-state index contributed by atoms with van der Waals surface area (Å²) in [4.78, 5) is 5.69. The van der Waals surface area contributed by atoms with Gasteiger partial charge in [-0.15, -0.1) is 11.3 Å². The second-order valence-corrected chi connectivity index (χ2v) is 5.10. The monoisotopic (exact) mass is 262 g/mol. The van der Waals surface area contributed by atoms with Crippen LogP contribution >= 0.6 is 11.3 Å². The summed E-state index contributed by atoms with van der Waals surface area (Å²) in [5.74, 6) is 1.61. The lowest BCUT2D eigenvalue weighted by atomic mass is 10.2. The van der Waals surface area contributed by atoms with E-state index in [0.717, 1.165) is 35.2 Å². The van der Waals surface area contributed by atoms with E-state index in [2.05, 4.69) is 17.2 Å². The molecule has 0 saturated carbocycles. The minimum Gasteiger partial charge on any atom is -0.454 e. The molecule has 0 atom stereocenters. The van der Waals surface area contributed by atoms with Crippen LogP contribution in [0.15, 0.2) is 24.4 Å². The molecule has 2 aromatic rings. The van der Waals surface area contributed by atoms with Gasteiger partial charge in [-0.1, -0.05) is 6.92 Å². The van der Waals surface area contributed by atoms with Crippen LogP contribution in [0.1, 0.15) is 11.8 Å². The van der Waals surface area contributed by atoms with Gasteiger partial charge in [0.15, 0.2) is 11.5 Å². The summed E-state index contributed by atoms with van der Waals surface area (Å²) in [5, 5.41) is 4.31. The quantitative estimate of drug-likeness (QED) is 0.920. The van der Waals surface area contributed by atoms with Crippen molar-refractivity contribution in [3.8, 4) is 22.1 Å². The Labute approximate surface area is 110 Å². The van der Waals surface area contributed by atoms with Gasteiger partial charge in [0.1, 0.15) is 5.01 Å². The maximum atomic E-state index is 5.37. The number of benzene rings is 1. The third kappa shape index (κ3) is 2.19. The number of rotatable bonds is 4. The Morgan fingerprint density at radius 1 is 1.33 bits per heavy atom. The van der Waals surface area contributed by atoms with E-state index in [1.165, 1.54) is 4.88 Å². The Morgan fingerprint density at radius 3 is 3.11 bits per heavy atom. The van der Waals surface area contributed by atoms with Crippen LogP contribution in [-0.2, 0) is 6.54 Å². The maximum absolute atomic E-state index is 5.37. The van der Waals surface area contributed by atoms with Gasteiger partial charge < -0.3 is 14.8 Å². The number of nitrogens with zero attached hydrogens (tertiary/aromatic N) is 1. The first-order chi connectivity index (χ1) is 8.86. The summed E-state index contributed by atoms with van der Waals surface area (Å²) in [7, 11) is 0. The third-order valence-electron chi connectivity index (χ3n) is 2.72. The molecule has 0 spiro atoms. The van der Waals surface area contributed by atoms with Gasteiger partial charge in [0.25, 0.3) is 0 Å². The van der Waals surface area contributed by atoms with Crippen molar-refractivity contribution in [3.05, 3.63) is 29.3 Å². The molecule has 3 rings (SSSR count). The van der Waals surface area contributed by atoms with Crippen molar-refractivity contribution < 1.29 is 9.47 Å². The Hall–Kier alpha value is -1.59. The van der Waals surface area contributed by atoms with E-state index in [1.54, 1.807) is 11.3 Å². The molecular weight excluding hydrogens is 248 g/mol. The topological polar surface area (TPSA) is 43.4 Å². The molecule has 0 radical (unpaired) electrons. The molecule has 0 saturated heterocycles. The summed E-state index contributed by atoms with van der Waals surface area (Å²) < 4.78 is 10.7. The highest BCUT2D eigenvalue weighted by molar-refractivity contribution is 7.15. The molecular formula is C13H14N2O2S. The molecule has 5 heteroatoms. The number of ether oxygens (including phenoxy) is 2. The fourth-order valence-corrected chi connectivity index (χ4v) is 2.68. The van der Waals surface area contributed by atoms with Crippen LogP contribution in [-0.4, -0.2) is 18.3 Å². The largest absolute Gasteiger partial charge is 0.454 e. The zero-order chi connectivity index (χ0) is 12.4. The molecule has 1 aromatic heterocycles. The Morgan fingerprint density at radius 2 is 2.22 bits per heavy atom. The summed E-state index contributed by atoms with van der Waals surface area (Å²) in [5.41, 5.74) is 1.08. The highest BCUT2D eigenvalue weighted by Gasteiger charge is 2.15. The number of fused-ring (bicyclic) bond motifs is 1. The van der Waals surface area contributed by atoms with E-state index in [0.29, 0.717) is 6.79 Å². The highest BCUT2D eigenvalue weighted by Crippen LogP contribution is 2.36. The van der Waals surface area contributed by atoms with Gasteiger partial charge in [-0.3, -0.25) is 0 Å². The SMILES string of the molecule is CCNCc1cnc(-c2ccc3c(c2)OCO3)s1. The van der Waals surface area contributed by atoms with Crippen LogP contribution in [0.4, 0.5) is 0 Å². The fourth-order valence-electron chi connectivity index (χ4n) is 1.80. The Kier molecular flexibility index (Phi) is 3.17. The zero-order valence-corrected chi connectivity index (χ0v) is 10.9. The highest BCUT2D eigenvalue weighted by atomic mass is 32.1. The molecule has 18 heavy (non-hydrogen) atoms. The molecule has 4 nitrogen and oxygen atoms in total. The van der Waals surface area contributed by atoms with E-state index in [-0.39, 0.29) is 0 Å². The Bertz CT molecular complexity index is 554. The minimum atomic E-state index is 0.308. The lowest BCUT2D eigenvalue weighted by Gasteiger charge is -1.99. The number of hydrogen-bond acceptors (Lipinski definition) is 5. The van der Waals surface area contributed by atoms with E-state index in [1.807, 2.05) is 24.4 Å². The van der Waals surface area contributed by atoms with Gasteiger partial charge in [0.2, 0.25) is 6.79 Å². The zero-order valence-electron chi connectivity index (χ0n) is 10.1. The molecule has 1 aromatic carbocycles. The second-order valence-electron chi connectivity index (χ2n) is 3.98. The first kappa shape index (κ1) is 11.5. The van der Waals surface area contributed by atoms with Crippen molar-refractivity contribution >= 4 is 11.3 Å². The molecule has 94 valence electrons. The van der Waals surface area contributed by atoms with Crippen molar-refractivity contribution in [2.24, 2.45) is 0 Å². The molecule has 0 fully saturated rings. The molecule has 1 N–H and O–H groups in total. The average Bonchev–Trinajstić information content (AvgIpc) is 3.04. The van der Waals surface area contributed by atoms with Crippen LogP contribution in [0.25, 0.3) is 10.6 Å². The first-order valence-corrected chi connectivity index (χ1v) is 6.74. The summed E-state index contributed by atoms with van der Waals surface area (Å²) >= 11 is 1.70. The summed E-state index contributed by atoms with van der Waals surface area (Å²) in [6.07, 6.45) is 1.92. The van der Waals surface area contributed by atoms with E-state index < -0.39 is 0 Å². The molecule has 2 heterocycles. The Balaban J connectivity index is 1.83. The average molecular weight is 262 g/mol. The smallest absolute Gasteiger partial charge is 0.231 e. The van der Waals surface area contributed by atoms with Crippen molar-refractivity contribution in [2.45, 2.75) is 13.5 Å². The fraction of sp³-hybridized carbons (Fsp3) is 0.308. The molecule has 0 unspecified atom stereocenters. The van der Waals surface area contributed by atoms with Gasteiger partial charge in [0.05, 0.1) is 0 Å². The lowest BCUT2D eigenvalue weighted by molar-refractivity contribution is 0.174. The van der Waals surface area contributed by atoms with Crippen LogP contribution in [0.5, 0.6) is 11.5 Å². The van der Waals surface area contributed by atoms with E-state index in [9.17, 15) is 0 Å². The van der Waals surface area contributed by atoms with Gasteiger partial charge in [-0.25, -0.2) is 4.98 Å². The van der Waals surface area contributed by atoms with Gasteiger partial charge >= 0.3 is 0 Å². The van der Waals surface area contributed by atoms with E-state index >= 15 is 0 Å². The number of aromatic nitrogens is 1. The number of hydrogen-bond donors (Lipinski definition) is 1. The lowest BCUT2D eigenvalue weighted by Crippen LogP contribution is -2.10. The normalized spacial score (nSPS) is 12.9. The molecule has 0 aliphatic carbocycles. The van der Waals surface area contributed by atoms with Gasteiger partial charge in [-0.05, 0) is 24.7 Å². The molecule has 1 aliphatic heterocycles. The van der Waals surface area contributed by atoms with Crippen molar-refractivity contribution in [3.63, 3.8) is 0 Å². The van der Waals surface area contributed by atoms with Crippen molar-refractivity contribution in [1.29, 1.82) is 0 Å². The predicted molar refractivity (Wildman–Crippen MR) is 71.1 cm³/mol. The van der Waals surface area contributed by atoms with Gasteiger partial charge in [0, 0.05) is 23.2 Å². The maximum Gasteiger partial charge on any atom is 0.231 e. The van der Waals surface area contributed by atoms with Crippen LogP contribution in [0.2, 0.25) is 0 Å². The first-order valence-electron chi connectivity index (χ1n) is 5.92. The third-order valence-corrected chi connectivity index (χ3v) is 3.77. The predicted octanol–water partition coefficient (Wildman–Crippen LogP) is 2.65. The molecule has 1 aliphatic rings. The van der Waals surface area contributed by atoms with Crippen molar-refractivity contribution in [2.75, 3.05) is 13.3 Å². The number of thiazole rings is 1.